The predicted molar refractivity (Wildman–Crippen MR) is 117 cm³/mol. The number of rotatable bonds is 4. The normalized spacial score (nSPS) is 11.2. The molecule has 2 heterocycles. The molecule has 0 aliphatic heterocycles. The molecule has 2 aromatic heterocycles. The third-order valence-corrected chi connectivity index (χ3v) is 5.89. The molecule has 4 rings (SSSR count). The van der Waals surface area contributed by atoms with E-state index in [-0.39, 0.29) is 17.9 Å². The second-order valence-corrected chi connectivity index (χ2v) is 8.53. The summed E-state index contributed by atoms with van der Waals surface area (Å²) in [5.41, 5.74) is 5.35. The molecular weight excluding hydrogens is 382 g/mol. The van der Waals surface area contributed by atoms with Crippen molar-refractivity contribution in [3.05, 3.63) is 80.1 Å². The lowest BCUT2D eigenvalue weighted by Gasteiger charge is -2.10. The summed E-state index contributed by atoms with van der Waals surface area (Å²) in [6, 6.07) is 13.7. The van der Waals surface area contributed by atoms with Crippen LogP contribution in [0.25, 0.3) is 21.5 Å². The summed E-state index contributed by atoms with van der Waals surface area (Å²) >= 11 is 1.45. The number of hydrogen-bond donors (Lipinski definition) is 0. The van der Waals surface area contributed by atoms with E-state index in [1.54, 1.807) is 0 Å². The zero-order valence-corrected chi connectivity index (χ0v) is 17.6. The van der Waals surface area contributed by atoms with Crippen LogP contribution in [-0.4, -0.2) is 20.5 Å². The van der Waals surface area contributed by atoms with Crippen LogP contribution in [-0.2, 0) is 6.54 Å². The Kier molecular flexibility index (Phi) is 4.88. The average Bonchev–Trinajstić information content (AvgIpc) is 3.06. The second kappa shape index (κ2) is 7.37. The Labute approximate surface area is 172 Å². The fourth-order valence-corrected chi connectivity index (χ4v) is 4.34. The van der Waals surface area contributed by atoms with Gasteiger partial charge in [-0.2, -0.15) is 5.10 Å². The van der Waals surface area contributed by atoms with E-state index in [9.17, 15) is 9.59 Å². The number of Topliss-reactive ketones (excluding diaryl/α,β-unsaturated/α-hetero) is 1. The van der Waals surface area contributed by atoms with Crippen LogP contribution in [0, 0.1) is 27.7 Å². The van der Waals surface area contributed by atoms with Crippen molar-refractivity contribution in [1.82, 2.24) is 14.8 Å². The maximum Gasteiger partial charge on any atom is 0.294 e. The Hall–Kier alpha value is -3.12. The average molecular weight is 404 g/mol. The molecule has 0 spiro atoms. The van der Waals surface area contributed by atoms with Gasteiger partial charge in [-0.3, -0.25) is 9.59 Å². The molecule has 0 fully saturated rings. The van der Waals surface area contributed by atoms with E-state index in [2.05, 4.69) is 10.1 Å². The molecule has 29 heavy (non-hydrogen) atoms. The molecule has 0 N–H and O–H groups in total. The third kappa shape index (κ3) is 3.63. The van der Waals surface area contributed by atoms with Crippen molar-refractivity contribution in [2.45, 2.75) is 34.2 Å². The summed E-state index contributed by atoms with van der Waals surface area (Å²) in [5.74, 6) is -0.141. The molecule has 2 aromatic carbocycles. The minimum absolute atomic E-state index is 0.117. The highest BCUT2D eigenvalue weighted by molar-refractivity contribution is 7.19. The number of ketones is 1. The summed E-state index contributed by atoms with van der Waals surface area (Å²) in [5, 5.41) is 5.38. The first kappa shape index (κ1) is 19.2. The van der Waals surface area contributed by atoms with Gasteiger partial charge in [0, 0.05) is 11.1 Å². The topological polar surface area (TPSA) is 64.8 Å². The summed E-state index contributed by atoms with van der Waals surface area (Å²) in [4.78, 5) is 30.3. The second-order valence-electron chi connectivity index (χ2n) is 7.33. The lowest BCUT2D eigenvalue weighted by molar-refractivity contribution is 0.0965. The molecule has 4 aromatic rings. The van der Waals surface area contributed by atoms with Crippen molar-refractivity contribution in [2.75, 3.05) is 0 Å². The molecule has 146 valence electrons. The molecule has 0 saturated heterocycles. The number of aromatic nitrogens is 3. The van der Waals surface area contributed by atoms with Crippen molar-refractivity contribution in [1.29, 1.82) is 0 Å². The zero-order chi connectivity index (χ0) is 20.7. The quantitative estimate of drug-likeness (QED) is 0.466. The number of thiazole rings is 1. The Morgan fingerprint density at radius 1 is 1.00 bits per heavy atom. The fraction of sp³-hybridized carbons (Fsp3) is 0.217. The number of carbonyl (C=O) groups is 1. The molecule has 0 amide bonds. The van der Waals surface area contributed by atoms with E-state index in [0.29, 0.717) is 16.8 Å². The standard InChI is InChI=1S/C23H21N3O2S/c1-13-5-8-17(9-6-13)20-22-21(24-16(4)29-22)23(28)26(25-20)12-19(27)18-10-7-14(2)11-15(18)3/h5-11H,12H2,1-4H3. The van der Waals surface area contributed by atoms with Gasteiger partial charge in [0.1, 0.15) is 12.2 Å². The molecule has 6 heteroatoms. The van der Waals surface area contributed by atoms with Gasteiger partial charge in [-0.25, -0.2) is 9.67 Å². The van der Waals surface area contributed by atoms with E-state index in [1.807, 2.05) is 70.2 Å². The Morgan fingerprint density at radius 2 is 1.69 bits per heavy atom. The number of nitrogens with zero attached hydrogens (tertiary/aromatic N) is 3. The van der Waals surface area contributed by atoms with Crippen molar-refractivity contribution in [3.63, 3.8) is 0 Å². The summed E-state index contributed by atoms with van der Waals surface area (Å²) in [7, 11) is 0. The smallest absolute Gasteiger partial charge is 0.292 e. The molecule has 0 unspecified atom stereocenters. The SMILES string of the molecule is Cc1ccc(-c2nn(CC(=O)c3ccc(C)cc3C)c(=O)c3nc(C)sc23)cc1. The van der Waals surface area contributed by atoms with Gasteiger partial charge in [-0.05, 0) is 33.3 Å². The first-order valence-corrected chi connectivity index (χ1v) is 10.2. The number of fused-ring (bicyclic) bond motifs is 1. The largest absolute Gasteiger partial charge is 0.294 e. The zero-order valence-electron chi connectivity index (χ0n) is 16.8. The maximum atomic E-state index is 13.0. The van der Waals surface area contributed by atoms with Crippen molar-refractivity contribution in [3.8, 4) is 11.3 Å². The van der Waals surface area contributed by atoms with Crippen LogP contribution in [0.1, 0.15) is 32.1 Å². The van der Waals surface area contributed by atoms with Gasteiger partial charge in [0.05, 0.1) is 9.71 Å². The molecule has 0 aliphatic rings. The van der Waals surface area contributed by atoms with E-state index < -0.39 is 0 Å². The summed E-state index contributed by atoms with van der Waals surface area (Å²) in [6.45, 7) is 7.66. The van der Waals surface area contributed by atoms with Gasteiger partial charge >= 0.3 is 0 Å². The Morgan fingerprint density at radius 3 is 2.38 bits per heavy atom. The molecule has 0 atom stereocenters. The van der Waals surface area contributed by atoms with Crippen LogP contribution in [0.5, 0.6) is 0 Å². The molecule has 0 saturated carbocycles. The van der Waals surface area contributed by atoms with Gasteiger partial charge in [0.15, 0.2) is 11.3 Å². The summed E-state index contributed by atoms with van der Waals surface area (Å²) in [6.07, 6.45) is 0. The van der Waals surface area contributed by atoms with Crippen molar-refractivity contribution in [2.24, 2.45) is 0 Å². The molecule has 0 radical (unpaired) electrons. The fourth-order valence-electron chi connectivity index (χ4n) is 3.42. The minimum atomic E-state index is -0.335. The van der Waals surface area contributed by atoms with Crippen LogP contribution in [0.15, 0.2) is 47.3 Å². The van der Waals surface area contributed by atoms with E-state index in [0.717, 1.165) is 32.0 Å². The lowest BCUT2D eigenvalue weighted by Crippen LogP contribution is -2.27. The van der Waals surface area contributed by atoms with Gasteiger partial charge in [-0.15, -0.1) is 11.3 Å². The van der Waals surface area contributed by atoms with Gasteiger partial charge in [0.2, 0.25) is 0 Å². The van der Waals surface area contributed by atoms with Crippen molar-refractivity contribution >= 4 is 27.3 Å². The van der Waals surface area contributed by atoms with Gasteiger partial charge in [0.25, 0.3) is 5.56 Å². The van der Waals surface area contributed by atoms with E-state index >= 15 is 0 Å². The molecule has 0 bridgehead atoms. The first-order chi connectivity index (χ1) is 13.8. The Balaban J connectivity index is 1.84. The van der Waals surface area contributed by atoms with E-state index in [1.165, 1.54) is 16.0 Å². The third-order valence-electron chi connectivity index (χ3n) is 4.91. The number of aryl methyl sites for hydroxylation is 4. The minimum Gasteiger partial charge on any atom is -0.292 e. The lowest BCUT2D eigenvalue weighted by atomic mass is 10.0. The monoisotopic (exact) mass is 403 g/mol. The highest BCUT2D eigenvalue weighted by Gasteiger charge is 2.19. The number of hydrogen-bond acceptors (Lipinski definition) is 5. The first-order valence-electron chi connectivity index (χ1n) is 9.39. The van der Waals surface area contributed by atoms with Crippen LogP contribution in [0.3, 0.4) is 0 Å². The molecule has 0 aliphatic carbocycles. The van der Waals surface area contributed by atoms with Gasteiger partial charge < -0.3 is 0 Å². The van der Waals surface area contributed by atoms with E-state index in [4.69, 9.17) is 0 Å². The maximum absolute atomic E-state index is 13.0. The van der Waals surface area contributed by atoms with Gasteiger partial charge in [-0.1, -0.05) is 53.6 Å². The molecule has 5 nitrogen and oxygen atoms in total. The van der Waals surface area contributed by atoms with Crippen LogP contribution >= 0.6 is 11.3 Å². The highest BCUT2D eigenvalue weighted by atomic mass is 32.1. The predicted octanol–water partition coefficient (Wildman–Crippen LogP) is 4.64. The number of benzene rings is 2. The van der Waals surface area contributed by atoms with Crippen LogP contribution in [0.2, 0.25) is 0 Å². The number of carbonyl (C=O) groups excluding carboxylic acids is 1. The highest BCUT2D eigenvalue weighted by Crippen LogP contribution is 2.29. The van der Waals surface area contributed by atoms with Crippen molar-refractivity contribution < 1.29 is 4.79 Å². The van der Waals surface area contributed by atoms with Crippen LogP contribution in [0.4, 0.5) is 0 Å². The summed E-state index contributed by atoms with van der Waals surface area (Å²) < 4.78 is 2.00. The molecular formula is C23H21N3O2S. The Bertz CT molecular complexity index is 1300. The van der Waals surface area contributed by atoms with Crippen LogP contribution < -0.4 is 5.56 Å².